The summed E-state index contributed by atoms with van der Waals surface area (Å²) in [5.41, 5.74) is -2.61. The van der Waals surface area contributed by atoms with Gasteiger partial charge in [0.25, 0.3) is 0 Å². The summed E-state index contributed by atoms with van der Waals surface area (Å²) in [6.45, 7) is 9.95. The third-order valence-corrected chi connectivity index (χ3v) is 11.5. The summed E-state index contributed by atoms with van der Waals surface area (Å²) >= 11 is 0. The Morgan fingerprint density at radius 3 is 1.53 bits per heavy atom. The van der Waals surface area contributed by atoms with Gasteiger partial charge < -0.3 is 23.4 Å². The van der Waals surface area contributed by atoms with Crippen molar-refractivity contribution in [2.24, 2.45) is 10.8 Å². The van der Waals surface area contributed by atoms with Crippen molar-refractivity contribution in [3.05, 3.63) is 71.8 Å². The van der Waals surface area contributed by atoms with Crippen molar-refractivity contribution in [1.82, 2.24) is 0 Å². The molecule has 3 aliphatic rings. The lowest BCUT2D eigenvalue weighted by Crippen LogP contribution is -2.60. The van der Waals surface area contributed by atoms with Crippen LogP contribution in [0.25, 0.3) is 0 Å². The van der Waals surface area contributed by atoms with E-state index in [4.69, 9.17) is 32.5 Å². The van der Waals surface area contributed by atoms with Crippen molar-refractivity contribution >= 4 is 25.7 Å². The van der Waals surface area contributed by atoms with Gasteiger partial charge >= 0.3 is 25.7 Å². The van der Waals surface area contributed by atoms with Crippen LogP contribution in [-0.2, 0) is 57.1 Å². The first-order valence-corrected chi connectivity index (χ1v) is 19.3. The number of ether oxygens (including phenoxy) is 4. The molecule has 3 fully saturated rings. The molecule has 0 amide bonds. The Bertz CT molecular complexity index is 1460. The molecular formula is C38H53NO11P+. The molecule has 280 valence electrons. The number of carbonyl (C=O) groups excluding carboxylic acids is 3. The van der Waals surface area contributed by atoms with Crippen LogP contribution >= 0.6 is 7.82 Å². The lowest BCUT2D eigenvalue weighted by atomic mass is 9.85. The first-order valence-electron chi connectivity index (χ1n) is 17.8. The van der Waals surface area contributed by atoms with Crippen LogP contribution in [0.2, 0.25) is 0 Å². The molecular weight excluding hydrogens is 677 g/mol. The van der Waals surface area contributed by atoms with Crippen LogP contribution in [0.4, 0.5) is 0 Å². The van der Waals surface area contributed by atoms with Crippen LogP contribution in [0, 0.1) is 10.8 Å². The van der Waals surface area contributed by atoms with E-state index in [0.717, 1.165) is 30.2 Å². The second-order valence-corrected chi connectivity index (χ2v) is 17.4. The molecule has 2 aromatic carbocycles. The molecule has 2 bridgehead atoms. The van der Waals surface area contributed by atoms with E-state index in [0.29, 0.717) is 23.2 Å². The highest BCUT2D eigenvalue weighted by Crippen LogP contribution is 2.51. The molecule has 0 aliphatic carbocycles. The van der Waals surface area contributed by atoms with Gasteiger partial charge in [-0.1, -0.05) is 60.7 Å². The molecule has 3 heterocycles. The standard InChI is InChI=1S/C38H53NO11P/c1-36(2,3)33(40)44-25-47-51(43,48-26-45-34(41)37(4,5)6)49-27-46-38(28-15-9-7-10-16-28,29-17-11-8-12-18-29)35(42)50-32-23-30-19-20-31(24-32)39(30)21-13-14-22-39/h7-12,15-18,30-32H,13-14,19-27H2,1-6H3/q+1. The summed E-state index contributed by atoms with van der Waals surface area (Å²) < 4.78 is 54.3. The van der Waals surface area contributed by atoms with Crippen molar-refractivity contribution in [3.8, 4) is 0 Å². The molecule has 3 saturated heterocycles. The summed E-state index contributed by atoms with van der Waals surface area (Å²) in [6, 6.07) is 18.8. The topological polar surface area (TPSA) is 133 Å². The van der Waals surface area contributed by atoms with Crippen LogP contribution in [0.3, 0.4) is 0 Å². The number of phosphoric ester groups is 1. The predicted octanol–water partition coefficient (Wildman–Crippen LogP) is 7.00. The van der Waals surface area contributed by atoms with E-state index < -0.39 is 62.5 Å². The maximum absolute atomic E-state index is 14.7. The van der Waals surface area contributed by atoms with E-state index in [1.54, 1.807) is 90.1 Å². The Hall–Kier alpha value is -3.12. The monoisotopic (exact) mass is 730 g/mol. The van der Waals surface area contributed by atoms with Gasteiger partial charge in [0.05, 0.1) is 36.0 Å². The zero-order chi connectivity index (χ0) is 36.9. The van der Waals surface area contributed by atoms with E-state index >= 15 is 0 Å². The van der Waals surface area contributed by atoms with Crippen molar-refractivity contribution in [2.45, 2.75) is 104 Å². The van der Waals surface area contributed by atoms with Crippen LogP contribution < -0.4 is 0 Å². The van der Waals surface area contributed by atoms with Crippen LogP contribution in [-0.4, -0.2) is 74.0 Å². The normalized spacial score (nSPS) is 21.7. The molecule has 13 heteroatoms. The highest BCUT2D eigenvalue weighted by molar-refractivity contribution is 7.48. The Labute approximate surface area is 301 Å². The van der Waals surface area contributed by atoms with Crippen molar-refractivity contribution in [3.63, 3.8) is 0 Å². The number of phosphoric acid groups is 1. The number of hydrogen-bond acceptors (Lipinski definition) is 11. The molecule has 12 nitrogen and oxygen atoms in total. The molecule has 0 radical (unpaired) electrons. The second kappa shape index (κ2) is 15.9. The van der Waals surface area contributed by atoms with Gasteiger partial charge in [-0.15, -0.1) is 0 Å². The minimum Gasteiger partial charge on any atom is -0.459 e. The molecule has 0 N–H and O–H groups in total. The average molecular weight is 731 g/mol. The zero-order valence-electron chi connectivity index (χ0n) is 30.7. The Balaban J connectivity index is 1.38. The lowest BCUT2D eigenvalue weighted by Gasteiger charge is -2.47. The lowest BCUT2D eigenvalue weighted by molar-refractivity contribution is -0.956. The van der Waals surface area contributed by atoms with Gasteiger partial charge in [-0.2, -0.15) is 0 Å². The average Bonchev–Trinajstić information content (AvgIpc) is 3.63. The number of carbonyl (C=O) groups is 3. The van der Waals surface area contributed by atoms with Gasteiger partial charge in [-0.25, -0.2) is 18.4 Å². The fourth-order valence-corrected chi connectivity index (χ4v) is 8.30. The third kappa shape index (κ3) is 8.92. The number of piperidine rings is 1. The maximum Gasteiger partial charge on any atom is 0.482 e. The van der Waals surface area contributed by atoms with E-state index in [1.165, 1.54) is 25.9 Å². The first-order chi connectivity index (χ1) is 24.1. The predicted molar refractivity (Wildman–Crippen MR) is 186 cm³/mol. The molecule has 0 aromatic heterocycles. The van der Waals surface area contributed by atoms with Crippen molar-refractivity contribution in [2.75, 3.05) is 33.5 Å². The number of nitrogens with zero attached hydrogens (tertiary/aromatic N) is 1. The van der Waals surface area contributed by atoms with E-state index in [1.807, 2.05) is 12.1 Å². The first kappa shape index (κ1) is 39.1. The second-order valence-electron chi connectivity index (χ2n) is 15.8. The fourth-order valence-electron chi connectivity index (χ4n) is 7.53. The van der Waals surface area contributed by atoms with Crippen molar-refractivity contribution < 1.29 is 56.0 Å². The highest BCUT2D eigenvalue weighted by Gasteiger charge is 2.57. The molecule has 1 spiro atoms. The molecule has 2 aromatic rings. The molecule has 2 unspecified atom stereocenters. The van der Waals surface area contributed by atoms with Gasteiger partial charge in [-0.05, 0) is 52.7 Å². The van der Waals surface area contributed by atoms with Gasteiger partial charge in [0.1, 0.15) is 6.10 Å². The highest BCUT2D eigenvalue weighted by atomic mass is 31.2. The maximum atomic E-state index is 14.7. The number of hydrogen-bond donors (Lipinski definition) is 0. The third-order valence-electron chi connectivity index (χ3n) is 10.2. The zero-order valence-corrected chi connectivity index (χ0v) is 31.6. The number of quaternary nitrogens is 1. The molecule has 5 rings (SSSR count). The van der Waals surface area contributed by atoms with Gasteiger partial charge in [0.15, 0.2) is 6.79 Å². The number of benzene rings is 2. The van der Waals surface area contributed by atoms with E-state index in [9.17, 15) is 18.9 Å². The minimum absolute atomic E-state index is 0.288. The summed E-state index contributed by atoms with van der Waals surface area (Å²) in [5.74, 6) is -1.86. The van der Waals surface area contributed by atoms with E-state index in [-0.39, 0.29) is 6.10 Å². The summed E-state index contributed by atoms with van der Waals surface area (Å²) in [7, 11) is -4.63. The van der Waals surface area contributed by atoms with Crippen molar-refractivity contribution in [1.29, 1.82) is 0 Å². The SMILES string of the molecule is CC(C)(C)C(=O)OCOP(=O)(OCOC(=O)C(C)(C)C)OCOC(C(=O)OC1CC2CCC(C1)[N+]21CCCC1)(c1ccccc1)c1ccccc1. The molecule has 3 aliphatic heterocycles. The summed E-state index contributed by atoms with van der Waals surface area (Å²) in [4.78, 5) is 39.4. The van der Waals surface area contributed by atoms with Gasteiger partial charge in [0.2, 0.25) is 19.2 Å². The van der Waals surface area contributed by atoms with Gasteiger partial charge in [0, 0.05) is 38.5 Å². The Morgan fingerprint density at radius 2 is 1.10 bits per heavy atom. The quantitative estimate of drug-likeness (QED) is 0.0654. The fraction of sp³-hybridized carbons (Fsp3) is 0.605. The van der Waals surface area contributed by atoms with Crippen LogP contribution in [0.15, 0.2) is 60.7 Å². The summed E-state index contributed by atoms with van der Waals surface area (Å²) in [6.07, 6.45) is 6.04. The van der Waals surface area contributed by atoms with E-state index in [2.05, 4.69) is 0 Å². The molecule has 2 atom stereocenters. The van der Waals surface area contributed by atoms with Crippen LogP contribution in [0.5, 0.6) is 0 Å². The Morgan fingerprint density at radius 1 is 0.667 bits per heavy atom. The largest absolute Gasteiger partial charge is 0.482 e. The van der Waals surface area contributed by atoms with Gasteiger partial charge in [-0.3, -0.25) is 14.1 Å². The minimum atomic E-state index is -4.63. The number of rotatable bonds is 14. The Kier molecular flexibility index (Phi) is 12.2. The molecule has 51 heavy (non-hydrogen) atoms. The smallest absolute Gasteiger partial charge is 0.459 e. The molecule has 0 saturated carbocycles. The van der Waals surface area contributed by atoms with Crippen LogP contribution in [0.1, 0.15) is 91.2 Å². The number of esters is 3. The summed E-state index contributed by atoms with van der Waals surface area (Å²) in [5, 5.41) is 0.